The van der Waals surface area contributed by atoms with E-state index in [1.165, 1.54) is 6.07 Å². The zero-order chi connectivity index (χ0) is 19.5. The molecule has 1 N–H and O–H groups in total. The molecule has 2 saturated heterocycles. The quantitative estimate of drug-likeness (QED) is 0.774. The SMILES string of the molecule is O=C1NC(=O)[C@@]2(Cc3cccc(F)c3N3CCC[C@H]32)C(=O)N1c1ccccc1. The van der Waals surface area contributed by atoms with Gasteiger partial charge in [-0.1, -0.05) is 30.3 Å². The number of carbonyl (C=O) groups excluding carboxylic acids is 3. The molecule has 0 saturated carbocycles. The van der Waals surface area contributed by atoms with Gasteiger partial charge in [-0.05, 0) is 43.0 Å². The van der Waals surface area contributed by atoms with Gasteiger partial charge < -0.3 is 4.90 Å². The van der Waals surface area contributed by atoms with E-state index in [1.807, 2.05) is 4.90 Å². The lowest BCUT2D eigenvalue weighted by atomic mass is 9.68. The van der Waals surface area contributed by atoms with Gasteiger partial charge >= 0.3 is 6.03 Å². The lowest BCUT2D eigenvalue weighted by molar-refractivity contribution is -0.144. The molecule has 3 aliphatic rings. The lowest BCUT2D eigenvalue weighted by Gasteiger charge is -2.49. The van der Waals surface area contributed by atoms with E-state index in [2.05, 4.69) is 5.32 Å². The molecule has 2 aromatic carbocycles. The number of nitrogens with one attached hydrogen (secondary N) is 1. The summed E-state index contributed by atoms with van der Waals surface area (Å²) in [6, 6.07) is 12.1. The van der Waals surface area contributed by atoms with E-state index < -0.39 is 29.3 Å². The van der Waals surface area contributed by atoms with Crippen LogP contribution in [-0.2, 0) is 16.0 Å². The number of hydrogen-bond donors (Lipinski definition) is 1. The number of benzene rings is 2. The van der Waals surface area contributed by atoms with E-state index >= 15 is 0 Å². The zero-order valence-corrected chi connectivity index (χ0v) is 15.0. The van der Waals surface area contributed by atoms with Gasteiger partial charge in [0.25, 0.3) is 5.91 Å². The second-order valence-electron chi connectivity index (χ2n) is 7.48. The molecule has 1 spiro atoms. The van der Waals surface area contributed by atoms with Crippen molar-refractivity contribution in [2.24, 2.45) is 5.41 Å². The second kappa shape index (κ2) is 5.89. The van der Waals surface area contributed by atoms with Gasteiger partial charge in [-0.15, -0.1) is 0 Å². The number of barbiturate groups is 1. The molecule has 0 aliphatic carbocycles. The van der Waals surface area contributed by atoms with Crippen LogP contribution in [0.3, 0.4) is 0 Å². The fourth-order valence-electron chi connectivity index (χ4n) is 4.90. The molecule has 7 heteroatoms. The molecule has 4 amide bonds. The molecule has 3 heterocycles. The van der Waals surface area contributed by atoms with Crippen molar-refractivity contribution in [2.75, 3.05) is 16.3 Å². The summed E-state index contributed by atoms with van der Waals surface area (Å²) in [6.07, 6.45) is 1.41. The van der Waals surface area contributed by atoms with Crippen LogP contribution in [0.2, 0.25) is 0 Å². The highest BCUT2D eigenvalue weighted by Crippen LogP contribution is 2.49. The maximum absolute atomic E-state index is 14.6. The Kier molecular flexibility index (Phi) is 3.56. The number of hydrogen-bond acceptors (Lipinski definition) is 4. The first-order chi connectivity index (χ1) is 13.5. The van der Waals surface area contributed by atoms with Gasteiger partial charge in [0.2, 0.25) is 5.91 Å². The third-order valence-corrected chi connectivity index (χ3v) is 6.08. The van der Waals surface area contributed by atoms with Crippen molar-refractivity contribution in [1.29, 1.82) is 0 Å². The average molecular weight is 379 g/mol. The number of fused-ring (bicyclic) bond motifs is 4. The molecule has 2 aromatic rings. The summed E-state index contributed by atoms with van der Waals surface area (Å²) in [6.45, 7) is 0.570. The van der Waals surface area contributed by atoms with Gasteiger partial charge in [0.15, 0.2) is 5.41 Å². The minimum atomic E-state index is -1.46. The highest BCUT2D eigenvalue weighted by atomic mass is 19.1. The van der Waals surface area contributed by atoms with Gasteiger partial charge in [-0.3, -0.25) is 14.9 Å². The number of amides is 4. The Morgan fingerprint density at radius 1 is 1.04 bits per heavy atom. The molecule has 0 bridgehead atoms. The fraction of sp³-hybridized carbons (Fsp3) is 0.286. The van der Waals surface area contributed by atoms with Crippen molar-refractivity contribution in [2.45, 2.75) is 25.3 Å². The van der Waals surface area contributed by atoms with E-state index in [4.69, 9.17) is 0 Å². The molecule has 0 unspecified atom stereocenters. The van der Waals surface area contributed by atoms with Crippen LogP contribution in [0.5, 0.6) is 0 Å². The number of rotatable bonds is 1. The maximum atomic E-state index is 14.6. The first-order valence-electron chi connectivity index (χ1n) is 9.33. The molecule has 2 fully saturated rings. The minimum Gasteiger partial charge on any atom is -0.364 e. The van der Waals surface area contributed by atoms with Crippen LogP contribution in [0.15, 0.2) is 48.5 Å². The fourth-order valence-corrected chi connectivity index (χ4v) is 4.90. The van der Waals surface area contributed by atoms with Crippen LogP contribution in [0.4, 0.5) is 20.6 Å². The number of urea groups is 1. The summed E-state index contributed by atoms with van der Waals surface area (Å²) in [7, 11) is 0. The topological polar surface area (TPSA) is 69.7 Å². The average Bonchev–Trinajstić information content (AvgIpc) is 3.17. The summed E-state index contributed by atoms with van der Waals surface area (Å²) in [5, 5.41) is 2.38. The highest BCUT2D eigenvalue weighted by molar-refractivity contribution is 6.30. The van der Waals surface area contributed by atoms with Crippen molar-refractivity contribution < 1.29 is 18.8 Å². The molecule has 28 heavy (non-hydrogen) atoms. The summed E-state index contributed by atoms with van der Waals surface area (Å²) in [5.41, 5.74) is 0.0379. The first-order valence-corrected chi connectivity index (χ1v) is 9.33. The number of para-hydroxylation sites is 2. The monoisotopic (exact) mass is 379 g/mol. The maximum Gasteiger partial charge on any atom is 0.335 e. The van der Waals surface area contributed by atoms with E-state index in [-0.39, 0.29) is 12.2 Å². The van der Waals surface area contributed by atoms with Crippen molar-refractivity contribution in [3.8, 4) is 0 Å². The van der Waals surface area contributed by atoms with E-state index in [0.29, 0.717) is 29.9 Å². The van der Waals surface area contributed by atoms with Crippen LogP contribution in [0, 0.1) is 11.2 Å². The lowest BCUT2D eigenvalue weighted by Crippen LogP contribution is -2.71. The normalized spacial score (nSPS) is 26.3. The van der Waals surface area contributed by atoms with Crippen LogP contribution < -0.4 is 15.1 Å². The molecular formula is C21H18FN3O3. The molecule has 6 nitrogen and oxygen atoms in total. The largest absolute Gasteiger partial charge is 0.364 e. The van der Waals surface area contributed by atoms with Gasteiger partial charge in [0.1, 0.15) is 5.82 Å². The molecule has 0 radical (unpaired) electrons. The zero-order valence-electron chi connectivity index (χ0n) is 15.0. The molecule has 5 rings (SSSR count). The third-order valence-electron chi connectivity index (χ3n) is 6.08. The molecule has 2 atom stereocenters. The number of halogens is 1. The minimum absolute atomic E-state index is 0.0720. The Bertz CT molecular complexity index is 1010. The summed E-state index contributed by atoms with van der Waals surface area (Å²) in [4.78, 5) is 42.2. The highest BCUT2D eigenvalue weighted by Gasteiger charge is 2.63. The predicted octanol–water partition coefficient (Wildman–Crippen LogP) is 2.62. The summed E-state index contributed by atoms with van der Waals surface area (Å²) < 4.78 is 14.6. The number of carbonyl (C=O) groups is 3. The Hall–Kier alpha value is -3.22. The van der Waals surface area contributed by atoms with Crippen LogP contribution in [0.25, 0.3) is 0 Å². The van der Waals surface area contributed by atoms with Crippen molar-refractivity contribution in [3.63, 3.8) is 0 Å². The molecule has 0 aromatic heterocycles. The van der Waals surface area contributed by atoms with Crippen LogP contribution >= 0.6 is 0 Å². The van der Waals surface area contributed by atoms with Gasteiger partial charge in [-0.25, -0.2) is 14.1 Å². The van der Waals surface area contributed by atoms with Crippen molar-refractivity contribution >= 4 is 29.2 Å². The summed E-state index contributed by atoms with van der Waals surface area (Å²) in [5.74, 6) is -1.49. The third kappa shape index (κ3) is 2.10. The van der Waals surface area contributed by atoms with E-state index in [0.717, 1.165) is 11.3 Å². The standard InChI is InChI=1S/C21H18FN3O3/c22-15-9-4-6-13-12-21(16-10-5-11-24(16)17(13)15)18(26)23-20(28)25(19(21)27)14-7-2-1-3-8-14/h1-4,6-9,16H,5,10-12H2,(H,23,26,28)/t16-,21-/m0/s1. The van der Waals surface area contributed by atoms with Gasteiger partial charge in [0, 0.05) is 6.54 Å². The van der Waals surface area contributed by atoms with E-state index in [1.54, 1.807) is 42.5 Å². The number of nitrogens with zero attached hydrogens (tertiary/aromatic N) is 2. The molecule has 3 aliphatic heterocycles. The number of imide groups is 2. The smallest absolute Gasteiger partial charge is 0.335 e. The Balaban J connectivity index is 1.68. The Morgan fingerprint density at radius 3 is 2.61 bits per heavy atom. The van der Waals surface area contributed by atoms with Crippen molar-refractivity contribution in [3.05, 3.63) is 59.9 Å². The van der Waals surface area contributed by atoms with Gasteiger partial charge in [0.05, 0.1) is 17.4 Å². The molecule has 142 valence electrons. The van der Waals surface area contributed by atoms with Crippen LogP contribution in [0.1, 0.15) is 18.4 Å². The van der Waals surface area contributed by atoms with Crippen LogP contribution in [-0.4, -0.2) is 30.4 Å². The first kappa shape index (κ1) is 16.9. The second-order valence-corrected chi connectivity index (χ2v) is 7.48. The van der Waals surface area contributed by atoms with Gasteiger partial charge in [-0.2, -0.15) is 0 Å². The predicted molar refractivity (Wildman–Crippen MR) is 100 cm³/mol. The molecular weight excluding hydrogens is 361 g/mol. The van der Waals surface area contributed by atoms with Crippen molar-refractivity contribution in [1.82, 2.24) is 5.32 Å². The Morgan fingerprint density at radius 2 is 1.82 bits per heavy atom. The number of anilines is 2. The van der Waals surface area contributed by atoms with E-state index in [9.17, 15) is 18.8 Å². The summed E-state index contributed by atoms with van der Waals surface area (Å²) >= 11 is 0. The Labute approximate surface area is 160 Å².